The quantitative estimate of drug-likeness (QED) is 0.860. The van der Waals surface area contributed by atoms with Crippen LogP contribution in [0.1, 0.15) is 37.8 Å². The number of hydrogen-bond acceptors (Lipinski definition) is 3. The Kier molecular flexibility index (Phi) is 2.00. The highest BCUT2D eigenvalue weighted by Gasteiger charge is 2.46. The second-order valence-corrected chi connectivity index (χ2v) is 5.26. The third-order valence-electron chi connectivity index (χ3n) is 3.38. The number of fused-ring (bicyclic) bond motifs is 1. The maximum Gasteiger partial charge on any atom is 0.231 e. The van der Waals surface area contributed by atoms with Gasteiger partial charge in [-0.2, -0.15) is 0 Å². The van der Waals surface area contributed by atoms with Gasteiger partial charge in [-0.1, -0.05) is 0 Å². The lowest BCUT2D eigenvalue weighted by Crippen LogP contribution is -2.12. The highest BCUT2D eigenvalue weighted by molar-refractivity contribution is 5.55. The average molecular weight is 238 g/mol. The van der Waals surface area contributed by atoms with Crippen molar-refractivity contribution in [1.82, 2.24) is 0 Å². The van der Waals surface area contributed by atoms with Gasteiger partial charge in [0, 0.05) is 5.56 Å². The largest absolute Gasteiger partial charge is 0.454 e. The fraction of sp³-hybridized carbons (Fsp3) is 0.538. The van der Waals surface area contributed by atoms with Gasteiger partial charge in [0.15, 0.2) is 11.5 Å². The molecule has 0 unspecified atom stereocenters. The summed E-state index contributed by atoms with van der Waals surface area (Å²) in [4.78, 5) is 0. The van der Waals surface area contributed by atoms with E-state index in [1.54, 1.807) is 12.1 Å². The van der Waals surface area contributed by atoms with Crippen LogP contribution in [0.4, 0.5) is 4.39 Å². The fourth-order valence-electron chi connectivity index (χ4n) is 2.09. The lowest BCUT2D eigenvalue weighted by atomic mass is 9.94. The summed E-state index contributed by atoms with van der Waals surface area (Å²) in [6.07, 6.45) is 1.39. The molecule has 0 spiro atoms. The van der Waals surface area contributed by atoms with Gasteiger partial charge in [0.05, 0.1) is 5.60 Å². The summed E-state index contributed by atoms with van der Waals surface area (Å²) in [6, 6.07) is 3.35. The Morgan fingerprint density at radius 2 is 2.00 bits per heavy atom. The summed E-state index contributed by atoms with van der Waals surface area (Å²) >= 11 is 0. The van der Waals surface area contributed by atoms with Gasteiger partial charge in [0.25, 0.3) is 0 Å². The summed E-state index contributed by atoms with van der Waals surface area (Å²) < 4.78 is 24.7. The van der Waals surface area contributed by atoms with E-state index < -0.39 is 11.3 Å². The highest BCUT2D eigenvalue weighted by atomic mass is 19.1. The molecule has 1 aromatic rings. The Morgan fingerprint density at radius 1 is 1.29 bits per heavy atom. The van der Waals surface area contributed by atoms with Crippen LogP contribution in [0.5, 0.6) is 11.5 Å². The van der Waals surface area contributed by atoms with Crippen LogP contribution in [-0.2, 0) is 11.3 Å². The predicted molar refractivity (Wildman–Crippen MR) is 59.8 cm³/mol. The van der Waals surface area contributed by atoms with Crippen molar-refractivity contribution in [2.24, 2.45) is 0 Å². The lowest BCUT2D eigenvalue weighted by Gasteiger charge is -2.19. The Balaban J connectivity index is 2.17. The van der Waals surface area contributed by atoms with Gasteiger partial charge in [-0.05, 0) is 44.4 Å². The Hall–Kier alpha value is -1.29. The second-order valence-electron chi connectivity index (χ2n) is 5.26. The molecule has 3 rings (SSSR count). The van der Waals surface area contributed by atoms with Crippen LogP contribution in [0.25, 0.3) is 0 Å². The highest BCUT2D eigenvalue weighted by Crippen LogP contribution is 2.53. The Bertz CT molecular complexity index is 472. The zero-order valence-electron chi connectivity index (χ0n) is 9.92. The van der Waals surface area contributed by atoms with E-state index in [0.29, 0.717) is 35.5 Å². The number of aliphatic hydroxyl groups is 1. The molecule has 2 aliphatic rings. The molecule has 0 atom stereocenters. The van der Waals surface area contributed by atoms with Crippen LogP contribution in [-0.4, -0.2) is 11.9 Å². The van der Waals surface area contributed by atoms with E-state index in [0.717, 1.165) is 0 Å². The minimum atomic E-state index is -1.46. The molecule has 1 fully saturated rings. The normalized spacial score (nSPS) is 20.5. The third kappa shape index (κ3) is 1.67. The first-order valence-corrected chi connectivity index (χ1v) is 5.76. The van der Waals surface area contributed by atoms with E-state index in [-0.39, 0.29) is 6.79 Å². The number of halogens is 1. The lowest BCUT2D eigenvalue weighted by molar-refractivity contribution is 0.140. The monoisotopic (exact) mass is 238 g/mol. The third-order valence-corrected chi connectivity index (χ3v) is 3.38. The van der Waals surface area contributed by atoms with Gasteiger partial charge in [-0.15, -0.1) is 0 Å². The molecule has 1 heterocycles. The van der Waals surface area contributed by atoms with E-state index in [1.807, 2.05) is 0 Å². The predicted octanol–water partition coefficient (Wildman–Crippen LogP) is 2.60. The summed E-state index contributed by atoms with van der Waals surface area (Å²) in [5.41, 5.74) is -1.13. The topological polar surface area (TPSA) is 38.7 Å². The van der Waals surface area contributed by atoms with Gasteiger partial charge in [-0.3, -0.25) is 0 Å². The van der Waals surface area contributed by atoms with Crippen molar-refractivity contribution in [3.05, 3.63) is 23.3 Å². The number of alkyl halides is 1. The molecule has 17 heavy (non-hydrogen) atoms. The van der Waals surface area contributed by atoms with E-state index in [1.165, 1.54) is 13.8 Å². The molecule has 3 nitrogen and oxygen atoms in total. The number of ether oxygens (including phenoxy) is 2. The minimum absolute atomic E-state index is 0.134. The fourth-order valence-corrected chi connectivity index (χ4v) is 2.09. The van der Waals surface area contributed by atoms with Crippen molar-refractivity contribution in [2.75, 3.05) is 6.79 Å². The first kappa shape index (κ1) is 10.8. The Morgan fingerprint density at radius 3 is 2.59 bits per heavy atom. The molecule has 1 saturated carbocycles. The van der Waals surface area contributed by atoms with Gasteiger partial charge in [0.1, 0.15) is 5.67 Å². The van der Waals surface area contributed by atoms with Crippen molar-refractivity contribution in [1.29, 1.82) is 0 Å². The zero-order chi connectivity index (χ0) is 12.3. The summed E-state index contributed by atoms with van der Waals surface area (Å²) in [5.74, 6) is 1.10. The Labute approximate surface area is 99.2 Å². The molecule has 1 aliphatic heterocycles. The molecule has 0 aromatic heterocycles. The van der Waals surface area contributed by atoms with Crippen LogP contribution in [0, 0.1) is 0 Å². The number of rotatable bonds is 2. The molecule has 92 valence electrons. The summed E-state index contributed by atoms with van der Waals surface area (Å²) in [7, 11) is 0. The molecule has 4 heteroatoms. The smallest absolute Gasteiger partial charge is 0.231 e. The second kappa shape index (κ2) is 3.13. The van der Waals surface area contributed by atoms with E-state index in [4.69, 9.17) is 9.47 Å². The summed E-state index contributed by atoms with van der Waals surface area (Å²) in [5, 5.41) is 10.2. The van der Waals surface area contributed by atoms with Gasteiger partial charge < -0.3 is 14.6 Å². The maximum atomic E-state index is 14.0. The SMILES string of the molecule is CC(C)(F)c1cc2c(c(C3(O)CC3)c1)OCO2. The van der Waals surface area contributed by atoms with Crippen molar-refractivity contribution in [2.45, 2.75) is 38.0 Å². The minimum Gasteiger partial charge on any atom is -0.454 e. The standard InChI is InChI=1S/C13H15FO3/c1-12(2,14)8-5-9(13(15)3-4-13)11-10(6-8)16-7-17-11/h5-6,15H,3-4,7H2,1-2H3. The number of hydrogen-bond donors (Lipinski definition) is 1. The summed E-state index contributed by atoms with van der Waals surface area (Å²) in [6.45, 7) is 3.12. The molecule has 0 amide bonds. The van der Waals surface area contributed by atoms with Gasteiger partial charge >= 0.3 is 0 Å². The van der Waals surface area contributed by atoms with Crippen LogP contribution in [0.15, 0.2) is 12.1 Å². The maximum absolute atomic E-state index is 14.0. The number of benzene rings is 1. The van der Waals surface area contributed by atoms with Gasteiger partial charge in [-0.25, -0.2) is 4.39 Å². The van der Waals surface area contributed by atoms with Crippen LogP contribution < -0.4 is 9.47 Å². The molecule has 1 aliphatic carbocycles. The van der Waals surface area contributed by atoms with Crippen LogP contribution in [0.2, 0.25) is 0 Å². The van der Waals surface area contributed by atoms with Crippen LogP contribution in [0.3, 0.4) is 0 Å². The molecular formula is C13H15FO3. The van der Waals surface area contributed by atoms with E-state index in [2.05, 4.69) is 0 Å². The molecular weight excluding hydrogens is 223 g/mol. The zero-order valence-corrected chi connectivity index (χ0v) is 9.92. The first-order valence-electron chi connectivity index (χ1n) is 5.76. The van der Waals surface area contributed by atoms with Crippen molar-refractivity contribution in [3.8, 4) is 11.5 Å². The van der Waals surface area contributed by atoms with E-state index in [9.17, 15) is 9.50 Å². The van der Waals surface area contributed by atoms with Crippen molar-refractivity contribution < 1.29 is 19.0 Å². The molecule has 0 saturated heterocycles. The molecule has 1 N–H and O–H groups in total. The van der Waals surface area contributed by atoms with E-state index >= 15 is 0 Å². The van der Waals surface area contributed by atoms with Gasteiger partial charge in [0.2, 0.25) is 6.79 Å². The van der Waals surface area contributed by atoms with Crippen molar-refractivity contribution >= 4 is 0 Å². The molecule has 0 bridgehead atoms. The molecule has 1 aromatic carbocycles. The van der Waals surface area contributed by atoms with Crippen molar-refractivity contribution in [3.63, 3.8) is 0 Å². The average Bonchev–Trinajstić information content (AvgIpc) is 2.81. The molecule has 0 radical (unpaired) electrons. The van der Waals surface area contributed by atoms with Crippen LogP contribution >= 0.6 is 0 Å². The first-order chi connectivity index (χ1) is 7.90.